The summed E-state index contributed by atoms with van der Waals surface area (Å²) in [4.78, 5) is 0. The lowest BCUT2D eigenvalue weighted by Crippen LogP contribution is -1.87. The normalized spacial score (nSPS) is 10.2. The molecule has 0 heterocycles. The van der Waals surface area contributed by atoms with Gasteiger partial charge in [-0.25, -0.2) is 0 Å². The monoisotopic (exact) mass is 231 g/mol. The quantitative estimate of drug-likeness (QED) is 0.640. The average Bonchev–Trinajstić information content (AvgIpc) is 2.28. The van der Waals surface area contributed by atoms with Crippen LogP contribution in [0.4, 0.5) is 5.69 Å². The first kappa shape index (κ1) is 11.1. The van der Waals surface area contributed by atoms with Crippen molar-refractivity contribution in [3.05, 3.63) is 36.4 Å². The van der Waals surface area contributed by atoms with Crippen LogP contribution in [0.5, 0.6) is 17.2 Å². The van der Waals surface area contributed by atoms with Crippen LogP contribution in [0.2, 0.25) is 0 Å². The molecule has 0 saturated carbocycles. The van der Waals surface area contributed by atoms with E-state index in [-0.39, 0.29) is 17.2 Å². The van der Waals surface area contributed by atoms with E-state index in [4.69, 9.17) is 0 Å². The number of benzene rings is 2. The number of aromatic hydroxyl groups is 3. The molecule has 2 rings (SSSR count). The first-order valence-corrected chi connectivity index (χ1v) is 5.15. The summed E-state index contributed by atoms with van der Waals surface area (Å²) in [7, 11) is 1.81. The van der Waals surface area contributed by atoms with Crippen LogP contribution >= 0.6 is 0 Å². The second kappa shape index (κ2) is 4.25. The Labute approximate surface area is 98.8 Å². The topological polar surface area (TPSA) is 72.7 Å². The molecule has 4 N–H and O–H groups in total. The smallest absolute Gasteiger partial charge is 0.130 e. The minimum atomic E-state index is -0.171. The summed E-state index contributed by atoms with van der Waals surface area (Å²) in [5.74, 6) is -0.477. The van der Waals surface area contributed by atoms with Gasteiger partial charge in [-0.2, -0.15) is 0 Å². The van der Waals surface area contributed by atoms with Crippen molar-refractivity contribution in [1.29, 1.82) is 0 Å². The van der Waals surface area contributed by atoms with E-state index in [0.717, 1.165) is 5.69 Å². The van der Waals surface area contributed by atoms with Crippen molar-refractivity contribution in [2.24, 2.45) is 0 Å². The Morgan fingerprint density at radius 3 is 1.88 bits per heavy atom. The van der Waals surface area contributed by atoms with E-state index in [9.17, 15) is 15.3 Å². The van der Waals surface area contributed by atoms with Crippen LogP contribution in [0.25, 0.3) is 11.1 Å². The molecule has 0 aromatic heterocycles. The molecule has 4 heteroatoms. The zero-order chi connectivity index (χ0) is 12.4. The number of nitrogens with one attached hydrogen (secondary N) is 1. The number of rotatable bonds is 2. The Balaban J connectivity index is 2.52. The number of anilines is 1. The minimum absolute atomic E-state index is 0.153. The summed E-state index contributed by atoms with van der Waals surface area (Å²) < 4.78 is 0. The zero-order valence-corrected chi connectivity index (χ0v) is 9.31. The van der Waals surface area contributed by atoms with Gasteiger partial charge < -0.3 is 20.6 Å². The lowest BCUT2D eigenvalue weighted by molar-refractivity contribution is 0.430. The Morgan fingerprint density at radius 2 is 1.41 bits per heavy atom. The fraction of sp³-hybridized carbons (Fsp3) is 0.0769. The number of hydrogen-bond acceptors (Lipinski definition) is 4. The van der Waals surface area contributed by atoms with Gasteiger partial charge in [-0.05, 0) is 17.7 Å². The molecule has 0 radical (unpaired) electrons. The molecule has 0 atom stereocenters. The van der Waals surface area contributed by atoms with E-state index < -0.39 is 0 Å². The minimum Gasteiger partial charge on any atom is -0.508 e. The second-order valence-corrected chi connectivity index (χ2v) is 3.69. The van der Waals surface area contributed by atoms with Gasteiger partial charge in [-0.1, -0.05) is 12.1 Å². The molecule has 0 fully saturated rings. The Kier molecular flexibility index (Phi) is 2.78. The zero-order valence-electron chi connectivity index (χ0n) is 9.31. The van der Waals surface area contributed by atoms with Crippen LogP contribution in [-0.2, 0) is 0 Å². The maximum Gasteiger partial charge on any atom is 0.130 e. The summed E-state index contributed by atoms with van der Waals surface area (Å²) >= 11 is 0. The van der Waals surface area contributed by atoms with Gasteiger partial charge in [0.1, 0.15) is 17.2 Å². The molecule has 4 nitrogen and oxygen atoms in total. The summed E-state index contributed by atoms with van der Waals surface area (Å²) in [5, 5.41) is 31.6. The maximum absolute atomic E-state index is 9.72. The van der Waals surface area contributed by atoms with E-state index in [2.05, 4.69) is 5.32 Å². The van der Waals surface area contributed by atoms with E-state index in [1.807, 2.05) is 19.2 Å². The number of phenolic OH excluding ortho intramolecular Hbond substituents is 3. The summed E-state index contributed by atoms with van der Waals surface area (Å²) in [5.41, 5.74) is 1.93. The molecular weight excluding hydrogens is 218 g/mol. The van der Waals surface area contributed by atoms with Gasteiger partial charge in [0.2, 0.25) is 0 Å². The molecule has 0 aliphatic carbocycles. The van der Waals surface area contributed by atoms with Gasteiger partial charge in [0, 0.05) is 24.9 Å². The molecule has 0 aliphatic rings. The first-order chi connectivity index (χ1) is 8.11. The van der Waals surface area contributed by atoms with Crippen molar-refractivity contribution in [2.75, 3.05) is 12.4 Å². The molecule has 2 aromatic carbocycles. The molecular formula is C13H13NO3. The van der Waals surface area contributed by atoms with Crippen LogP contribution < -0.4 is 5.32 Å². The lowest BCUT2D eigenvalue weighted by Gasteiger charge is -2.09. The van der Waals surface area contributed by atoms with Crippen LogP contribution in [0, 0.1) is 0 Å². The molecule has 0 amide bonds. The van der Waals surface area contributed by atoms with Gasteiger partial charge in [-0.3, -0.25) is 0 Å². The summed E-state index contributed by atoms with van der Waals surface area (Å²) in [6.07, 6.45) is 0. The van der Waals surface area contributed by atoms with Crippen LogP contribution in [0.15, 0.2) is 36.4 Å². The third-order valence-electron chi connectivity index (χ3n) is 2.54. The predicted octanol–water partition coefficient (Wildman–Crippen LogP) is 2.51. The van der Waals surface area contributed by atoms with Gasteiger partial charge in [-0.15, -0.1) is 0 Å². The fourth-order valence-electron chi connectivity index (χ4n) is 1.70. The van der Waals surface area contributed by atoms with Gasteiger partial charge in [0.05, 0.1) is 5.56 Å². The highest BCUT2D eigenvalue weighted by Gasteiger charge is 2.11. The van der Waals surface area contributed by atoms with Crippen LogP contribution in [0.3, 0.4) is 0 Å². The van der Waals surface area contributed by atoms with E-state index in [1.54, 1.807) is 12.1 Å². The fourth-order valence-corrected chi connectivity index (χ4v) is 1.70. The van der Waals surface area contributed by atoms with Crippen molar-refractivity contribution < 1.29 is 15.3 Å². The summed E-state index contributed by atoms with van der Waals surface area (Å²) in [6, 6.07) is 9.61. The van der Waals surface area contributed by atoms with Crippen molar-refractivity contribution in [3.8, 4) is 28.4 Å². The SMILES string of the molecule is CNc1ccc(-c2c(O)cc(O)cc2O)cc1. The second-order valence-electron chi connectivity index (χ2n) is 3.69. The van der Waals surface area contributed by atoms with Crippen molar-refractivity contribution in [1.82, 2.24) is 0 Å². The summed E-state index contributed by atoms with van der Waals surface area (Å²) in [6.45, 7) is 0. The predicted molar refractivity (Wildman–Crippen MR) is 66.4 cm³/mol. The number of phenols is 3. The highest BCUT2D eigenvalue weighted by atomic mass is 16.3. The van der Waals surface area contributed by atoms with Crippen molar-refractivity contribution in [3.63, 3.8) is 0 Å². The molecule has 0 spiro atoms. The molecule has 0 unspecified atom stereocenters. The Hall–Kier alpha value is -2.36. The van der Waals surface area contributed by atoms with E-state index >= 15 is 0 Å². The van der Waals surface area contributed by atoms with Crippen LogP contribution in [-0.4, -0.2) is 22.4 Å². The first-order valence-electron chi connectivity index (χ1n) is 5.15. The lowest BCUT2D eigenvalue weighted by atomic mass is 10.0. The van der Waals surface area contributed by atoms with Crippen molar-refractivity contribution >= 4 is 5.69 Å². The van der Waals surface area contributed by atoms with E-state index in [1.165, 1.54) is 12.1 Å². The maximum atomic E-state index is 9.72. The third-order valence-corrected chi connectivity index (χ3v) is 2.54. The molecule has 17 heavy (non-hydrogen) atoms. The van der Waals surface area contributed by atoms with Crippen molar-refractivity contribution in [2.45, 2.75) is 0 Å². The van der Waals surface area contributed by atoms with Gasteiger partial charge in [0.25, 0.3) is 0 Å². The molecule has 88 valence electrons. The molecule has 0 saturated heterocycles. The van der Waals surface area contributed by atoms with Gasteiger partial charge in [0.15, 0.2) is 0 Å². The third kappa shape index (κ3) is 2.10. The highest BCUT2D eigenvalue weighted by molar-refractivity contribution is 5.78. The standard InChI is InChI=1S/C13H13NO3/c1-14-9-4-2-8(3-5-9)13-11(16)6-10(15)7-12(13)17/h2-7,14-17H,1H3. The molecule has 2 aromatic rings. The largest absolute Gasteiger partial charge is 0.508 e. The van der Waals surface area contributed by atoms with Gasteiger partial charge >= 0.3 is 0 Å². The molecule has 0 aliphatic heterocycles. The van der Waals surface area contributed by atoms with Crippen LogP contribution in [0.1, 0.15) is 0 Å². The number of hydrogen-bond donors (Lipinski definition) is 4. The average molecular weight is 231 g/mol. The molecule has 0 bridgehead atoms. The highest BCUT2D eigenvalue weighted by Crippen LogP contribution is 2.40. The Morgan fingerprint density at radius 1 is 0.882 bits per heavy atom. The van der Waals surface area contributed by atoms with E-state index in [0.29, 0.717) is 11.1 Å². The Bertz CT molecular complexity index is 512.